The van der Waals surface area contributed by atoms with Crippen molar-refractivity contribution in [3.8, 4) is 0 Å². The number of rotatable bonds is 5. The average molecular weight is 521 g/mol. The number of aromatic nitrogens is 3. The summed E-state index contributed by atoms with van der Waals surface area (Å²) < 4.78 is 55.5. The standard InChI is InChI=1S/C25H28F4N6O2/c1-14(18-4-3-5-19(22(18)26)25(27,28)29)32-24(37)16-10-20(23-30-13-31-35(23)11-16)33-8-6-17(7-9-33)34-12-21(36)15(34)2/h3-5,10-11,13-15,17,21,36H,6-9,12H2,1-2H3,(H,32,37)/t14-,15-,21-/m1/s1. The van der Waals surface area contributed by atoms with Gasteiger partial charge in [0.15, 0.2) is 5.65 Å². The van der Waals surface area contributed by atoms with Gasteiger partial charge in [-0.3, -0.25) is 9.69 Å². The Hall–Kier alpha value is -3.25. The number of nitrogens with zero attached hydrogens (tertiary/aromatic N) is 5. The van der Waals surface area contributed by atoms with Gasteiger partial charge in [-0.1, -0.05) is 12.1 Å². The summed E-state index contributed by atoms with van der Waals surface area (Å²) in [5, 5.41) is 16.6. The van der Waals surface area contributed by atoms with Crippen molar-refractivity contribution in [3.05, 3.63) is 59.3 Å². The van der Waals surface area contributed by atoms with E-state index in [9.17, 15) is 27.5 Å². The van der Waals surface area contributed by atoms with E-state index >= 15 is 0 Å². The fourth-order valence-electron chi connectivity index (χ4n) is 5.26. The Morgan fingerprint density at radius 1 is 1.24 bits per heavy atom. The van der Waals surface area contributed by atoms with Crippen molar-refractivity contribution in [3.63, 3.8) is 0 Å². The van der Waals surface area contributed by atoms with Crippen LogP contribution in [0.5, 0.6) is 0 Å². The average Bonchev–Trinajstić information content (AvgIpc) is 3.35. The summed E-state index contributed by atoms with van der Waals surface area (Å²) in [6.07, 6.45) is -0.462. The zero-order valence-electron chi connectivity index (χ0n) is 20.4. The van der Waals surface area contributed by atoms with Gasteiger partial charge in [0.05, 0.1) is 29.0 Å². The molecule has 5 rings (SSSR count). The Labute approximate surface area is 210 Å². The van der Waals surface area contributed by atoms with Crippen LogP contribution in [-0.2, 0) is 6.18 Å². The number of anilines is 1. The van der Waals surface area contributed by atoms with Crippen molar-refractivity contribution in [2.24, 2.45) is 0 Å². The number of nitrogens with one attached hydrogen (secondary N) is 1. The van der Waals surface area contributed by atoms with Gasteiger partial charge in [0, 0.05) is 43.5 Å². The number of aliphatic hydroxyl groups excluding tert-OH is 1. The molecule has 2 saturated heterocycles. The van der Waals surface area contributed by atoms with Crippen LogP contribution in [0.25, 0.3) is 5.65 Å². The van der Waals surface area contributed by atoms with Crippen LogP contribution in [-0.4, -0.2) is 68.3 Å². The molecule has 0 unspecified atom stereocenters. The maximum absolute atomic E-state index is 14.6. The number of carbonyl (C=O) groups is 1. The van der Waals surface area contributed by atoms with Gasteiger partial charge in [-0.15, -0.1) is 0 Å². The molecule has 4 heterocycles. The molecule has 3 atom stereocenters. The van der Waals surface area contributed by atoms with Crippen LogP contribution in [0.2, 0.25) is 0 Å². The number of hydrogen-bond acceptors (Lipinski definition) is 6. The van der Waals surface area contributed by atoms with Gasteiger partial charge >= 0.3 is 6.18 Å². The van der Waals surface area contributed by atoms with E-state index in [0.29, 0.717) is 24.3 Å². The highest BCUT2D eigenvalue weighted by Gasteiger charge is 2.40. The van der Waals surface area contributed by atoms with Crippen molar-refractivity contribution in [1.29, 1.82) is 0 Å². The molecule has 0 radical (unpaired) electrons. The lowest BCUT2D eigenvalue weighted by atomic mass is 9.93. The van der Waals surface area contributed by atoms with Gasteiger partial charge in [-0.25, -0.2) is 13.9 Å². The lowest BCUT2D eigenvalue weighted by Gasteiger charge is -2.50. The first kappa shape index (κ1) is 25.4. The summed E-state index contributed by atoms with van der Waals surface area (Å²) in [5.74, 6) is -1.97. The first-order valence-electron chi connectivity index (χ1n) is 12.2. The fourth-order valence-corrected chi connectivity index (χ4v) is 5.26. The molecule has 1 amide bonds. The molecular weight excluding hydrogens is 492 g/mol. The Morgan fingerprint density at radius 3 is 2.62 bits per heavy atom. The Bertz CT molecular complexity index is 1300. The molecule has 37 heavy (non-hydrogen) atoms. The van der Waals surface area contributed by atoms with E-state index in [1.54, 1.807) is 6.07 Å². The third kappa shape index (κ3) is 4.75. The minimum atomic E-state index is -4.84. The van der Waals surface area contributed by atoms with Gasteiger partial charge in [-0.2, -0.15) is 18.3 Å². The number of hydrogen-bond donors (Lipinski definition) is 2. The second-order valence-electron chi connectivity index (χ2n) is 9.77. The van der Waals surface area contributed by atoms with Crippen molar-refractivity contribution in [2.75, 3.05) is 24.5 Å². The van der Waals surface area contributed by atoms with Crippen molar-refractivity contribution >= 4 is 17.2 Å². The molecule has 8 nitrogen and oxygen atoms in total. The minimum Gasteiger partial charge on any atom is -0.390 e. The number of fused-ring (bicyclic) bond motifs is 1. The first-order chi connectivity index (χ1) is 17.5. The van der Waals surface area contributed by atoms with Crippen LogP contribution in [0.15, 0.2) is 36.8 Å². The van der Waals surface area contributed by atoms with Gasteiger partial charge in [0.2, 0.25) is 0 Å². The SMILES string of the molecule is C[C@@H]1[C@H](O)CN1C1CCN(c2cc(C(=O)N[C@H](C)c3cccc(C(F)(F)F)c3F)cn3ncnc23)CC1. The number of halogens is 4. The third-order valence-electron chi connectivity index (χ3n) is 7.52. The second-order valence-corrected chi connectivity index (χ2v) is 9.77. The highest BCUT2D eigenvalue weighted by atomic mass is 19.4. The number of pyridine rings is 1. The molecular formula is C25H28F4N6O2. The predicted molar refractivity (Wildman–Crippen MR) is 128 cm³/mol. The summed E-state index contributed by atoms with van der Waals surface area (Å²) >= 11 is 0. The van der Waals surface area contributed by atoms with E-state index in [4.69, 9.17) is 0 Å². The van der Waals surface area contributed by atoms with Gasteiger partial charge in [-0.05, 0) is 38.8 Å². The lowest BCUT2D eigenvalue weighted by Crippen LogP contribution is -2.63. The molecule has 0 bridgehead atoms. The maximum Gasteiger partial charge on any atom is 0.419 e. The molecule has 12 heteroatoms. The fraction of sp³-hybridized carbons (Fsp3) is 0.480. The topological polar surface area (TPSA) is 86.0 Å². The van der Waals surface area contributed by atoms with Crippen molar-refractivity contribution < 1.29 is 27.5 Å². The van der Waals surface area contributed by atoms with Gasteiger partial charge in [0.1, 0.15) is 12.1 Å². The normalized spacial score (nSPS) is 22.2. The van der Waals surface area contributed by atoms with Crippen LogP contribution in [0.1, 0.15) is 54.2 Å². The van der Waals surface area contributed by atoms with Crippen LogP contribution < -0.4 is 10.2 Å². The largest absolute Gasteiger partial charge is 0.419 e. The summed E-state index contributed by atoms with van der Waals surface area (Å²) in [6, 6.07) is 4.22. The van der Waals surface area contributed by atoms with E-state index in [1.165, 1.54) is 30.0 Å². The summed E-state index contributed by atoms with van der Waals surface area (Å²) in [5.41, 5.74) is -0.0904. The molecule has 0 spiro atoms. The van der Waals surface area contributed by atoms with Crippen LogP contribution in [0.4, 0.5) is 23.2 Å². The summed E-state index contributed by atoms with van der Waals surface area (Å²) in [4.78, 5) is 21.9. The molecule has 2 N–H and O–H groups in total. The number of aliphatic hydroxyl groups is 1. The molecule has 198 valence electrons. The van der Waals surface area contributed by atoms with Gasteiger partial charge in [0.25, 0.3) is 5.91 Å². The van der Waals surface area contributed by atoms with E-state index in [0.717, 1.165) is 37.7 Å². The number of piperidine rings is 1. The number of amides is 1. The van der Waals surface area contributed by atoms with Crippen molar-refractivity contribution in [1.82, 2.24) is 24.8 Å². The zero-order valence-corrected chi connectivity index (χ0v) is 20.4. The lowest BCUT2D eigenvalue weighted by molar-refractivity contribution is -0.140. The third-order valence-corrected chi connectivity index (χ3v) is 7.52. The van der Waals surface area contributed by atoms with E-state index in [1.807, 2.05) is 6.92 Å². The molecule has 2 fully saturated rings. The molecule has 2 aliphatic heterocycles. The highest BCUT2D eigenvalue weighted by molar-refractivity contribution is 5.96. The molecule has 0 aliphatic carbocycles. The molecule has 2 aromatic heterocycles. The second kappa shape index (κ2) is 9.56. The quantitative estimate of drug-likeness (QED) is 0.502. The number of carbonyl (C=O) groups excluding carboxylic acids is 1. The molecule has 2 aliphatic rings. The number of likely N-dealkylation sites (tertiary alicyclic amines) is 1. The monoisotopic (exact) mass is 520 g/mol. The van der Waals surface area contributed by atoms with Crippen LogP contribution >= 0.6 is 0 Å². The minimum absolute atomic E-state index is 0.149. The van der Waals surface area contributed by atoms with Crippen LogP contribution in [0, 0.1) is 5.82 Å². The molecule has 3 aromatic rings. The predicted octanol–water partition coefficient (Wildman–Crippen LogP) is 3.41. The van der Waals surface area contributed by atoms with E-state index in [2.05, 4.69) is 25.2 Å². The molecule has 1 aromatic carbocycles. The smallest absolute Gasteiger partial charge is 0.390 e. The first-order valence-corrected chi connectivity index (χ1v) is 12.2. The summed E-state index contributed by atoms with van der Waals surface area (Å²) in [7, 11) is 0. The van der Waals surface area contributed by atoms with E-state index < -0.39 is 29.5 Å². The summed E-state index contributed by atoms with van der Waals surface area (Å²) in [6.45, 7) is 5.59. The van der Waals surface area contributed by atoms with Gasteiger partial charge < -0.3 is 15.3 Å². The van der Waals surface area contributed by atoms with Crippen molar-refractivity contribution in [2.45, 2.75) is 57.1 Å². The van der Waals surface area contributed by atoms with Crippen LogP contribution in [0.3, 0.4) is 0 Å². The number of β-amino-alcohol motifs (C(OH)–C–C–N with tert-alkyl or cyclic N) is 1. The number of alkyl halides is 3. The number of benzene rings is 1. The Kier molecular flexibility index (Phi) is 6.57. The Morgan fingerprint density at radius 2 is 1.97 bits per heavy atom. The molecule has 0 saturated carbocycles. The van der Waals surface area contributed by atoms with E-state index in [-0.39, 0.29) is 23.3 Å². The maximum atomic E-state index is 14.6. The highest BCUT2D eigenvalue weighted by Crippen LogP contribution is 2.34. The zero-order chi connectivity index (χ0) is 26.5. The Balaban J connectivity index is 1.34.